The van der Waals surface area contributed by atoms with E-state index in [1.807, 2.05) is 42.5 Å². The number of Topliss-reactive ketones (excluding diaryl/α,β-unsaturated/α-hetero) is 1. The van der Waals surface area contributed by atoms with E-state index in [4.69, 9.17) is 9.47 Å². The molecule has 0 amide bonds. The molecule has 0 unspecified atom stereocenters. The van der Waals surface area contributed by atoms with Crippen LogP contribution in [0.1, 0.15) is 119 Å². The van der Waals surface area contributed by atoms with E-state index in [2.05, 4.69) is 25.7 Å². The number of carbonyl (C=O) groups is 1. The molecule has 0 spiro atoms. The van der Waals surface area contributed by atoms with Crippen LogP contribution in [0.25, 0.3) is 0 Å². The van der Waals surface area contributed by atoms with Crippen molar-refractivity contribution in [2.45, 2.75) is 97.8 Å². The van der Waals surface area contributed by atoms with Crippen molar-refractivity contribution in [2.75, 3.05) is 13.2 Å². The summed E-state index contributed by atoms with van der Waals surface area (Å²) in [5, 5.41) is 0. The van der Waals surface area contributed by atoms with Gasteiger partial charge < -0.3 is 9.47 Å². The highest BCUT2D eigenvalue weighted by Gasteiger charge is 2.15. The Kier molecular flexibility index (Phi) is 14.4. The molecule has 0 aliphatic heterocycles. The lowest BCUT2D eigenvalue weighted by Crippen LogP contribution is -2.06. The second-order valence-electron chi connectivity index (χ2n) is 9.25. The maximum atomic E-state index is 12.2. The van der Waals surface area contributed by atoms with Gasteiger partial charge in [-0.1, -0.05) is 108 Å². The Morgan fingerprint density at radius 3 is 1.66 bits per heavy atom. The minimum absolute atomic E-state index is 0.00130. The van der Waals surface area contributed by atoms with E-state index in [1.165, 1.54) is 51.4 Å². The highest BCUT2D eigenvalue weighted by molar-refractivity contribution is 5.95. The van der Waals surface area contributed by atoms with E-state index in [-0.39, 0.29) is 5.78 Å². The van der Waals surface area contributed by atoms with Gasteiger partial charge in [0, 0.05) is 11.1 Å². The van der Waals surface area contributed by atoms with Gasteiger partial charge in [-0.3, -0.25) is 4.79 Å². The van der Waals surface area contributed by atoms with Gasteiger partial charge in [-0.2, -0.15) is 0 Å². The fourth-order valence-corrected chi connectivity index (χ4v) is 3.93. The quantitative estimate of drug-likeness (QED) is 0.130. The van der Waals surface area contributed by atoms with Crippen LogP contribution in [0.4, 0.5) is 0 Å². The number of carbonyl (C=O) groups excluding carboxylic acids is 1. The van der Waals surface area contributed by atoms with Crippen molar-refractivity contribution in [2.24, 2.45) is 0 Å². The molecule has 35 heavy (non-hydrogen) atoms. The minimum Gasteiger partial charge on any atom is -0.492 e. The second kappa shape index (κ2) is 17.7. The first-order valence-electron chi connectivity index (χ1n) is 13.7. The monoisotopic (exact) mass is 476 g/mol. The largest absolute Gasteiger partial charge is 0.492 e. The average Bonchev–Trinajstić information content (AvgIpc) is 2.87. The van der Waals surface area contributed by atoms with Crippen molar-refractivity contribution in [3.05, 3.63) is 59.2 Å². The number of hydrogen-bond acceptors (Lipinski definition) is 3. The van der Waals surface area contributed by atoms with Gasteiger partial charge in [0.05, 0.1) is 13.2 Å². The number of rotatable bonds is 17. The van der Waals surface area contributed by atoms with Crippen LogP contribution in [0.3, 0.4) is 0 Å². The lowest BCUT2D eigenvalue weighted by Gasteiger charge is -2.15. The molecule has 0 aliphatic carbocycles. The van der Waals surface area contributed by atoms with Gasteiger partial charge in [-0.15, -0.1) is 0 Å². The van der Waals surface area contributed by atoms with Gasteiger partial charge in [0.2, 0.25) is 0 Å². The molecule has 0 saturated heterocycles. The van der Waals surface area contributed by atoms with Gasteiger partial charge in [0.15, 0.2) is 5.78 Å². The van der Waals surface area contributed by atoms with Crippen molar-refractivity contribution in [3.8, 4) is 23.3 Å². The minimum atomic E-state index is 0.00130. The summed E-state index contributed by atoms with van der Waals surface area (Å²) >= 11 is 0. The molecule has 0 saturated carbocycles. The summed E-state index contributed by atoms with van der Waals surface area (Å²) < 4.78 is 12.4. The molecule has 0 aromatic heterocycles. The molecule has 2 aromatic carbocycles. The molecule has 3 heteroatoms. The highest BCUT2D eigenvalue weighted by Crippen LogP contribution is 2.31. The van der Waals surface area contributed by atoms with Crippen molar-refractivity contribution in [3.63, 3.8) is 0 Å². The average molecular weight is 477 g/mol. The fourth-order valence-electron chi connectivity index (χ4n) is 3.93. The predicted molar refractivity (Wildman–Crippen MR) is 147 cm³/mol. The van der Waals surface area contributed by atoms with E-state index < -0.39 is 0 Å². The van der Waals surface area contributed by atoms with Gasteiger partial charge in [-0.25, -0.2) is 0 Å². The summed E-state index contributed by atoms with van der Waals surface area (Å²) in [6, 6.07) is 13.6. The SMILES string of the molecule is CCCCCCCCOc1cc(C(C)=O)cc(OCCCCCCCC)c1C#Cc1ccccc1. The molecule has 0 N–H and O–H groups in total. The van der Waals surface area contributed by atoms with Crippen molar-refractivity contribution in [1.29, 1.82) is 0 Å². The summed E-state index contributed by atoms with van der Waals surface area (Å²) in [5.41, 5.74) is 2.27. The van der Waals surface area contributed by atoms with Crippen LogP contribution in [-0.2, 0) is 0 Å². The van der Waals surface area contributed by atoms with Crippen LogP contribution >= 0.6 is 0 Å². The molecule has 0 aliphatic rings. The van der Waals surface area contributed by atoms with Crippen LogP contribution in [0, 0.1) is 11.8 Å². The van der Waals surface area contributed by atoms with E-state index in [0.29, 0.717) is 30.3 Å². The Morgan fingerprint density at radius 2 is 1.17 bits per heavy atom. The molecule has 0 heterocycles. The first-order valence-corrected chi connectivity index (χ1v) is 13.7. The molecular weight excluding hydrogens is 432 g/mol. The third-order valence-corrected chi connectivity index (χ3v) is 6.09. The van der Waals surface area contributed by atoms with Crippen LogP contribution < -0.4 is 9.47 Å². The molecule has 2 aromatic rings. The maximum absolute atomic E-state index is 12.2. The lowest BCUT2D eigenvalue weighted by atomic mass is 10.1. The number of ether oxygens (including phenoxy) is 2. The Morgan fingerprint density at radius 1 is 0.686 bits per heavy atom. The van der Waals surface area contributed by atoms with Gasteiger partial charge in [-0.05, 0) is 44.0 Å². The molecule has 0 fully saturated rings. The summed E-state index contributed by atoms with van der Waals surface area (Å²) in [4.78, 5) is 12.2. The van der Waals surface area contributed by atoms with E-state index >= 15 is 0 Å². The zero-order chi connectivity index (χ0) is 25.1. The molecule has 0 atom stereocenters. The first kappa shape index (κ1) is 28.5. The van der Waals surface area contributed by atoms with Crippen molar-refractivity contribution in [1.82, 2.24) is 0 Å². The lowest BCUT2D eigenvalue weighted by molar-refractivity contribution is 0.101. The summed E-state index contributed by atoms with van der Waals surface area (Å²) in [6.07, 6.45) is 14.4. The summed E-state index contributed by atoms with van der Waals surface area (Å²) in [7, 11) is 0. The predicted octanol–water partition coefficient (Wildman–Crippen LogP) is 8.77. The molecule has 2 rings (SSSR count). The third-order valence-electron chi connectivity index (χ3n) is 6.09. The Labute approximate surface area is 213 Å². The van der Waals surface area contributed by atoms with E-state index in [1.54, 1.807) is 6.92 Å². The fraction of sp³-hybridized carbons (Fsp3) is 0.531. The van der Waals surface area contributed by atoms with Crippen LogP contribution in [0.5, 0.6) is 11.5 Å². The Hall–Kier alpha value is -2.73. The van der Waals surface area contributed by atoms with Crippen molar-refractivity contribution >= 4 is 5.78 Å². The number of unbranched alkanes of at least 4 members (excludes halogenated alkanes) is 10. The standard InChI is InChI=1S/C32H44O3/c1-4-6-8-10-12-17-23-34-31-25-29(27(3)33)26-32(35-24-18-13-11-9-7-5-2)30(31)22-21-28-19-15-14-16-20-28/h14-16,19-20,25-26H,4-13,17-18,23-24H2,1-3H3. The molecule has 3 nitrogen and oxygen atoms in total. The zero-order valence-electron chi connectivity index (χ0n) is 22.2. The van der Waals surface area contributed by atoms with Crippen LogP contribution in [-0.4, -0.2) is 19.0 Å². The van der Waals surface area contributed by atoms with Gasteiger partial charge >= 0.3 is 0 Å². The highest BCUT2D eigenvalue weighted by atomic mass is 16.5. The van der Waals surface area contributed by atoms with Gasteiger partial charge in [0.25, 0.3) is 0 Å². The number of ketones is 1. The third kappa shape index (κ3) is 11.5. The van der Waals surface area contributed by atoms with E-state index in [9.17, 15) is 4.79 Å². The maximum Gasteiger partial charge on any atom is 0.160 e. The van der Waals surface area contributed by atoms with E-state index in [0.717, 1.165) is 36.8 Å². The molecular formula is C32H44O3. The van der Waals surface area contributed by atoms with Crippen LogP contribution in [0.15, 0.2) is 42.5 Å². The summed E-state index contributed by atoms with van der Waals surface area (Å²) in [6.45, 7) is 7.28. The summed E-state index contributed by atoms with van der Waals surface area (Å²) in [5.74, 6) is 7.83. The molecule has 0 bridgehead atoms. The van der Waals surface area contributed by atoms with Crippen molar-refractivity contribution < 1.29 is 14.3 Å². The smallest absolute Gasteiger partial charge is 0.160 e. The molecule has 190 valence electrons. The second-order valence-corrected chi connectivity index (χ2v) is 9.25. The number of benzene rings is 2. The first-order chi connectivity index (χ1) is 17.2. The van der Waals surface area contributed by atoms with Gasteiger partial charge in [0.1, 0.15) is 17.1 Å². The number of hydrogen-bond donors (Lipinski definition) is 0. The topological polar surface area (TPSA) is 35.5 Å². The Balaban J connectivity index is 2.17. The molecule has 0 radical (unpaired) electrons. The van der Waals surface area contributed by atoms with Crippen LogP contribution in [0.2, 0.25) is 0 Å². The normalized spacial score (nSPS) is 10.5. The zero-order valence-corrected chi connectivity index (χ0v) is 22.2. The Bertz CT molecular complexity index is 882.